The van der Waals surface area contributed by atoms with Crippen LogP contribution in [0, 0.1) is 23.7 Å². The molecule has 4 saturated carbocycles. The van der Waals surface area contributed by atoms with Gasteiger partial charge < -0.3 is 5.32 Å². The molecule has 2 nitrogen and oxygen atoms in total. The molecule has 1 N–H and O–H groups in total. The topological polar surface area (TPSA) is 29.1 Å². The average molecular weight is 424 g/mol. The summed E-state index contributed by atoms with van der Waals surface area (Å²) < 4.78 is 0. The molecule has 4 bridgehead atoms. The molecule has 4 fully saturated rings. The van der Waals surface area contributed by atoms with Crippen molar-refractivity contribution in [2.75, 3.05) is 0 Å². The van der Waals surface area contributed by atoms with Crippen LogP contribution in [0.15, 0.2) is 52.3 Å². The molecule has 150 valence electrons. The summed E-state index contributed by atoms with van der Waals surface area (Å²) in [5, 5.41) is 4.25. The predicted molar refractivity (Wildman–Crippen MR) is 117 cm³/mol. The van der Waals surface area contributed by atoms with Gasteiger partial charge in [0, 0.05) is 33.2 Å². The van der Waals surface area contributed by atoms with Crippen LogP contribution in [0.3, 0.4) is 0 Å². The van der Waals surface area contributed by atoms with Crippen LogP contribution in [-0.4, -0.2) is 11.9 Å². The number of carbonyl (C=O) groups is 1. The number of benzene rings is 2. The first kappa shape index (κ1) is 18.3. The summed E-state index contributed by atoms with van der Waals surface area (Å²) in [5.74, 6) is 3.58. The summed E-state index contributed by atoms with van der Waals surface area (Å²) in [6.07, 6.45) is 7.28. The van der Waals surface area contributed by atoms with E-state index in [9.17, 15) is 4.79 Å². The molecule has 4 heteroatoms. The summed E-state index contributed by atoms with van der Waals surface area (Å²) in [5.41, 5.74) is 2.45. The van der Waals surface area contributed by atoms with Gasteiger partial charge in [-0.3, -0.25) is 4.79 Å². The van der Waals surface area contributed by atoms with Gasteiger partial charge in [0.2, 0.25) is 5.91 Å². The second-order valence-electron chi connectivity index (χ2n) is 9.60. The Bertz CT molecular complexity index is 945. The Hall–Kier alpha value is -1.45. The molecule has 2 aromatic carbocycles. The average Bonchev–Trinajstić information content (AvgIpc) is 2.70. The van der Waals surface area contributed by atoms with Gasteiger partial charge in [0.05, 0.1) is 0 Å². The second kappa shape index (κ2) is 7.06. The van der Waals surface area contributed by atoms with Crippen LogP contribution in [0.1, 0.15) is 55.6 Å². The Morgan fingerprint density at radius 1 is 0.931 bits per heavy atom. The third-order valence-corrected chi connectivity index (χ3v) is 9.22. The maximum absolute atomic E-state index is 13.3. The number of nitrogens with one attached hydrogen (secondary N) is 1. The molecular formula is C25H26ClNOS. The van der Waals surface area contributed by atoms with E-state index in [-0.39, 0.29) is 11.8 Å². The minimum Gasteiger partial charge on any atom is -0.353 e. The minimum absolute atomic E-state index is 0.0815. The maximum Gasteiger partial charge on any atom is 0.221 e. The van der Waals surface area contributed by atoms with Gasteiger partial charge in [0.15, 0.2) is 0 Å². The van der Waals surface area contributed by atoms with E-state index in [0.29, 0.717) is 24.3 Å². The molecule has 0 unspecified atom stereocenters. The highest BCUT2D eigenvalue weighted by atomic mass is 35.5. The quantitative estimate of drug-likeness (QED) is 0.630. The normalized spacial score (nSPS) is 33.8. The van der Waals surface area contributed by atoms with Crippen molar-refractivity contribution in [3.63, 3.8) is 0 Å². The van der Waals surface area contributed by atoms with Crippen molar-refractivity contribution in [2.24, 2.45) is 23.7 Å². The number of carbonyl (C=O) groups excluding carboxylic acids is 1. The number of fused-ring (bicyclic) bond motifs is 2. The fraction of sp³-hybridized carbons (Fsp3) is 0.480. The molecule has 0 spiro atoms. The zero-order valence-corrected chi connectivity index (χ0v) is 18.0. The third kappa shape index (κ3) is 3.21. The van der Waals surface area contributed by atoms with E-state index in [1.807, 2.05) is 6.07 Å². The summed E-state index contributed by atoms with van der Waals surface area (Å²) in [7, 11) is 0. The van der Waals surface area contributed by atoms with E-state index in [4.69, 9.17) is 11.6 Å². The van der Waals surface area contributed by atoms with Gasteiger partial charge in [-0.15, -0.1) is 0 Å². The van der Waals surface area contributed by atoms with Gasteiger partial charge in [0.25, 0.3) is 0 Å². The van der Waals surface area contributed by atoms with Crippen LogP contribution in [0.5, 0.6) is 0 Å². The summed E-state index contributed by atoms with van der Waals surface area (Å²) in [4.78, 5) is 15.7. The smallest absolute Gasteiger partial charge is 0.221 e. The van der Waals surface area contributed by atoms with Crippen LogP contribution in [0.25, 0.3) is 0 Å². The standard InChI is InChI=1S/C25H26ClNOS/c26-18-5-6-23-21(12-18)20(19-3-1-2-4-22(19)29-23)13-24(28)27-25-16-8-14-7-15(10-16)11-17(25)9-14/h1-6,12,14-17,20,25H,7-11,13H2,(H,27,28)/t14?,15?,16?,17?,20-,25?/m1/s1. The Kier molecular flexibility index (Phi) is 4.46. The van der Waals surface area contributed by atoms with Crippen molar-refractivity contribution in [3.8, 4) is 0 Å². The summed E-state index contributed by atoms with van der Waals surface area (Å²) >= 11 is 8.12. The van der Waals surface area contributed by atoms with Crippen LogP contribution in [-0.2, 0) is 4.79 Å². The lowest BCUT2D eigenvalue weighted by Crippen LogP contribution is -2.55. The lowest BCUT2D eigenvalue weighted by molar-refractivity contribution is -0.125. The number of amides is 1. The number of rotatable bonds is 3. The molecule has 1 amide bonds. The maximum atomic E-state index is 13.3. The largest absolute Gasteiger partial charge is 0.353 e. The molecule has 0 saturated heterocycles. The number of halogens is 1. The number of hydrogen-bond acceptors (Lipinski definition) is 2. The minimum atomic E-state index is 0.0815. The highest BCUT2D eigenvalue weighted by molar-refractivity contribution is 7.99. The van der Waals surface area contributed by atoms with E-state index in [2.05, 4.69) is 41.7 Å². The first-order chi connectivity index (χ1) is 14.1. The van der Waals surface area contributed by atoms with Crippen molar-refractivity contribution >= 4 is 29.3 Å². The first-order valence-electron chi connectivity index (χ1n) is 11.0. The summed E-state index contributed by atoms with van der Waals surface area (Å²) in [6.45, 7) is 0. The molecule has 7 rings (SSSR count). The van der Waals surface area contributed by atoms with Gasteiger partial charge in [-0.05, 0) is 91.2 Å². The van der Waals surface area contributed by atoms with E-state index < -0.39 is 0 Å². The van der Waals surface area contributed by atoms with Crippen LogP contribution < -0.4 is 5.32 Å². The first-order valence-corrected chi connectivity index (χ1v) is 12.2. The molecule has 0 aromatic heterocycles. The lowest BCUT2D eigenvalue weighted by atomic mass is 9.54. The van der Waals surface area contributed by atoms with Crippen LogP contribution in [0.4, 0.5) is 0 Å². The molecule has 29 heavy (non-hydrogen) atoms. The Labute approximate surface area is 181 Å². The molecular weight excluding hydrogens is 398 g/mol. The van der Waals surface area contributed by atoms with E-state index in [0.717, 1.165) is 16.9 Å². The van der Waals surface area contributed by atoms with Gasteiger partial charge in [-0.25, -0.2) is 0 Å². The zero-order valence-electron chi connectivity index (χ0n) is 16.4. The van der Waals surface area contributed by atoms with Gasteiger partial charge >= 0.3 is 0 Å². The molecule has 4 aliphatic carbocycles. The Morgan fingerprint density at radius 3 is 2.38 bits per heavy atom. The monoisotopic (exact) mass is 423 g/mol. The van der Waals surface area contributed by atoms with Gasteiger partial charge in [0.1, 0.15) is 0 Å². The van der Waals surface area contributed by atoms with Crippen molar-refractivity contribution in [1.29, 1.82) is 0 Å². The Balaban J connectivity index is 1.26. The van der Waals surface area contributed by atoms with Gasteiger partial charge in [-0.2, -0.15) is 0 Å². The lowest BCUT2D eigenvalue weighted by Gasteiger charge is -2.54. The molecule has 2 aromatic rings. The van der Waals surface area contributed by atoms with Crippen molar-refractivity contribution in [2.45, 2.75) is 60.3 Å². The molecule has 1 heterocycles. The fourth-order valence-electron chi connectivity index (χ4n) is 6.84. The molecule has 5 aliphatic rings. The molecule has 0 radical (unpaired) electrons. The van der Waals surface area contributed by atoms with Crippen molar-refractivity contribution < 1.29 is 4.79 Å². The third-order valence-electron chi connectivity index (χ3n) is 7.81. The zero-order chi connectivity index (χ0) is 19.5. The number of hydrogen-bond donors (Lipinski definition) is 1. The SMILES string of the molecule is O=C(C[C@@H]1c2ccccc2Sc2ccc(Cl)cc21)NC1C2CC3CC(C2)CC1C3. The van der Waals surface area contributed by atoms with Crippen LogP contribution >= 0.6 is 23.4 Å². The predicted octanol–water partition coefficient (Wildman–Crippen LogP) is 6.27. The highest BCUT2D eigenvalue weighted by Gasteiger charge is 2.48. The fourth-order valence-corrected chi connectivity index (χ4v) is 8.19. The summed E-state index contributed by atoms with van der Waals surface area (Å²) in [6, 6.07) is 15.0. The van der Waals surface area contributed by atoms with E-state index in [1.165, 1.54) is 53.0 Å². The van der Waals surface area contributed by atoms with Crippen molar-refractivity contribution in [1.82, 2.24) is 5.32 Å². The van der Waals surface area contributed by atoms with Crippen molar-refractivity contribution in [3.05, 3.63) is 58.6 Å². The van der Waals surface area contributed by atoms with E-state index in [1.54, 1.807) is 11.8 Å². The molecule has 1 aliphatic heterocycles. The Morgan fingerprint density at radius 2 is 1.62 bits per heavy atom. The molecule has 1 atom stereocenters. The van der Waals surface area contributed by atoms with Crippen LogP contribution in [0.2, 0.25) is 5.02 Å². The second-order valence-corrected chi connectivity index (χ2v) is 11.1. The highest BCUT2D eigenvalue weighted by Crippen LogP contribution is 2.54. The van der Waals surface area contributed by atoms with Gasteiger partial charge in [-0.1, -0.05) is 41.6 Å². The van der Waals surface area contributed by atoms with E-state index >= 15 is 0 Å².